The van der Waals surface area contributed by atoms with Crippen molar-refractivity contribution in [3.8, 4) is 39.4 Å². The molecule has 7 aromatic rings. The van der Waals surface area contributed by atoms with Crippen molar-refractivity contribution >= 4 is 21.5 Å². The summed E-state index contributed by atoms with van der Waals surface area (Å²) >= 11 is 0. The maximum atomic E-state index is 15.4. The molecule has 7 aromatic carbocycles. The van der Waals surface area contributed by atoms with Crippen LogP contribution in [0.5, 0.6) is 0 Å². The summed E-state index contributed by atoms with van der Waals surface area (Å²) in [4.78, 5) is 0. The smallest absolute Gasteiger partial charge is 0.194 e. The number of nitrogens with zero attached hydrogens (tertiary/aromatic N) is 1. The minimum Gasteiger partial charge on any atom is -0.194 e. The number of hydrogen-bond acceptors (Lipinski definition) is 1. The molecule has 0 bridgehead atoms. The Morgan fingerprint density at radius 1 is 0.420 bits per heavy atom. The van der Waals surface area contributed by atoms with Crippen molar-refractivity contribution in [2.45, 2.75) is 23.2 Å². The maximum Gasteiger partial charge on any atom is 0.380 e. The minimum absolute atomic E-state index is 0.179. The van der Waals surface area contributed by atoms with Gasteiger partial charge in [0.05, 0.1) is 17.0 Å². The summed E-state index contributed by atoms with van der Waals surface area (Å²) in [5.41, 5.74) is 6.66. The fraction of sp³-hybridized carbons (Fsp3) is 0.0930. The predicted molar refractivity (Wildman–Crippen MR) is 181 cm³/mol. The van der Waals surface area contributed by atoms with Crippen LogP contribution >= 0.6 is 0 Å². The van der Waals surface area contributed by atoms with E-state index in [4.69, 9.17) is 0 Å². The molecule has 0 amide bonds. The van der Waals surface area contributed by atoms with Crippen molar-refractivity contribution in [2.24, 2.45) is 0 Å². The van der Waals surface area contributed by atoms with Crippen LogP contribution in [0.2, 0.25) is 0 Å². The van der Waals surface area contributed by atoms with Crippen LogP contribution in [0.1, 0.15) is 38.9 Å². The first-order chi connectivity index (χ1) is 24.0. The minimum atomic E-state index is -5.60. The Morgan fingerprint density at radius 3 is 1.54 bits per heavy atom. The average Bonchev–Trinajstić information content (AvgIpc) is 3.64. The van der Waals surface area contributed by atoms with Crippen LogP contribution in [0.25, 0.3) is 54.9 Å². The molecule has 0 N–H and O–H groups in total. The third kappa shape index (κ3) is 3.16. The third-order valence-corrected chi connectivity index (χ3v) is 11.0. The van der Waals surface area contributed by atoms with Gasteiger partial charge in [0.1, 0.15) is 0 Å². The first-order valence-corrected chi connectivity index (χ1v) is 16.1. The van der Waals surface area contributed by atoms with Crippen LogP contribution in [0.4, 0.5) is 26.3 Å². The van der Waals surface area contributed by atoms with E-state index in [0.717, 1.165) is 50.1 Å². The zero-order valence-electron chi connectivity index (χ0n) is 25.8. The van der Waals surface area contributed by atoms with Crippen LogP contribution in [0.15, 0.2) is 127 Å². The van der Waals surface area contributed by atoms with Crippen LogP contribution in [-0.2, 0) is 17.3 Å². The van der Waals surface area contributed by atoms with Gasteiger partial charge in [0, 0.05) is 11.1 Å². The van der Waals surface area contributed by atoms with Gasteiger partial charge in [-0.05, 0) is 101 Å². The van der Waals surface area contributed by atoms with Crippen molar-refractivity contribution in [3.63, 3.8) is 0 Å². The monoisotopic (exact) mass is 665 g/mol. The molecule has 0 aliphatic heterocycles. The lowest BCUT2D eigenvalue weighted by atomic mass is 9.70. The lowest BCUT2D eigenvalue weighted by molar-refractivity contribution is -0.301. The second-order valence-corrected chi connectivity index (χ2v) is 13.3. The third-order valence-electron chi connectivity index (χ3n) is 11.0. The molecule has 0 atom stereocenters. The molecule has 0 saturated carbocycles. The van der Waals surface area contributed by atoms with E-state index in [1.165, 1.54) is 30.3 Å². The van der Waals surface area contributed by atoms with E-state index in [0.29, 0.717) is 11.1 Å². The highest BCUT2D eigenvalue weighted by atomic mass is 19.3. The number of benzene rings is 7. The SMILES string of the molecule is N#Cc1ccc2c(c1)C1(c3ccccc3-c3ccccc31)c1cc(-c3ccc4c5c(c6ccccc6c4c3)C(F)(F)C(F)(F)C5(F)F)ccc1-2. The molecule has 50 heavy (non-hydrogen) atoms. The first-order valence-electron chi connectivity index (χ1n) is 16.1. The van der Waals surface area contributed by atoms with E-state index in [1.54, 1.807) is 18.2 Å². The molecular weight excluding hydrogens is 644 g/mol. The van der Waals surface area contributed by atoms with E-state index in [1.807, 2.05) is 48.5 Å². The Kier molecular flexibility index (Phi) is 5.36. The summed E-state index contributed by atoms with van der Waals surface area (Å²) in [6, 6.07) is 40.5. The van der Waals surface area contributed by atoms with Gasteiger partial charge in [-0.15, -0.1) is 0 Å². The van der Waals surface area contributed by atoms with E-state index < -0.39 is 34.3 Å². The Hall–Kier alpha value is -5.87. The highest BCUT2D eigenvalue weighted by Gasteiger charge is 2.80. The number of rotatable bonds is 1. The largest absolute Gasteiger partial charge is 0.380 e. The standard InChI is InChI=1S/C43H21F6N/c44-41(45)38-31-10-2-1-7-26(31)33-20-24(15-18-32(33)39(38)42(46,47)43(41,48)49)25-14-17-30-29-16-13-23(22-50)19-36(29)40(37(30)21-25)34-11-5-3-8-27(34)28-9-4-6-12-35(28)40/h1-21H. The zero-order chi connectivity index (χ0) is 34.4. The molecule has 0 saturated heterocycles. The normalized spacial score (nSPS) is 17.6. The van der Waals surface area contributed by atoms with Crippen molar-refractivity contribution in [3.05, 3.63) is 166 Å². The van der Waals surface area contributed by atoms with Gasteiger partial charge in [-0.3, -0.25) is 0 Å². The van der Waals surface area contributed by atoms with Crippen LogP contribution < -0.4 is 0 Å². The number of nitriles is 1. The molecular formula is C43H21F6N. The molecule has 10 rings (SSSR count). The van der Waals surface area contributed by atoms with Crippen LogP contribution in [0.3, 0.4) is 0 Å². The fourth-order valence-electron chi connectivity index (χ4n) is 8.92. The molecule has 0 unspecified atom stereocenters. The highest BCUT2D eigenvalue weighted by molar-refractivity contribution is 6.13. The Balaban J connectivity index is 1.26. The van der Waals surface area contributed by atoms with Crippen LogP contribution in [0, 0.1) is 11.3 Å². The molecule has 0 heterocycles. The topological polar surface area (TPSA) is 23.8 Å². The van der Waals surface area contributed by atoms with E-state index in [9.17, 15) is 14.0 Å². The van der Waals surface area contributed by atoms with Crippen molar-refractivity contribution in [1.29, 1.82) is 5.26 Å². The maximum absolute atomic E-state index is 15.4. The predicted octanol–water partition coefficient (Wildman–Crippen LogP) is 11.7. The van der Waals surface area contributed by atoms with Crippen molar-refractivity contribution < 1.29 is 26.3 Å². The van der Waals surface area contributed by atoms with E-state index in [2.05, 4.69) is 36.4 Å². The summed E-state index contributed by atoms with van der Waals surface area (Å²) in [6.07, 6.45) is 0. The second kappa shape index (κ2) is 9.22. The number of hydrogen-bond donors (Lipinski definition) is 0. The summed E-state index contributed by atoms with van der Waals surface area (Å²) < 4.78 is 90.8. The van der Waals surface area contributed by atoms with E-state index in [-0.39, 0.29) is 21.5 Å². The second-order valence-electron chi connectivity index (χ2n) is 13.3. The van der Waals surface area contributed by atoms with Gasteiger partial charge < -0.3 is 0 Å². The lowest BCUT2D eigenvalue weighted by Gasteiger charge is -2.30. The molecule has 3 aliphatic rings. The van der Waals surface area contributed by atoms with Gasteiger partial charge in [-0.25, -0.2) is 0 Å². The quantitative estimate of drug-likeness (QED) is 0.126. The van der Waals surface area contributed by atoms with Crippen molar-refractivity contribution in [2.75, 3.05) is 0 Å². The molecule has 0 radical (unpaired) electrons. The first kappa shape index (κ1) is 29.1. The fourth-order valence-corrected chi connectivity index (χ4v) is 8.92. The Morgan fingerprint density at radius 2 is 0.900 bits per heavy atom. The van der Waals surface area contributed by atoms with Gasteiger partial charge in [-0.1, -0.05) is 103 Å². The van der Waals surface area contributed by atoms with Gasteiger partial charge in [0.15, 0.2) is 0 Å². The number of halogens is 6. The average molecular weight is 666 g/mol. The number of alkyl halides is 6. The molecule has 1 nitrogen and oxygen atoms in total. The van der Waals surface area contributed by atoms with Gasteiger partial charge >= 0.3 is 17.8 Å². The molecule has 0 fully saturated rings. The summed E-state index contributed by atoms with van der Waals surface area (Å²) in [7, 11) is 0. The Bertz CT molecular complexity index is 2670. The summed E-state index contributed by atoms with van der Waals surface area (Å²) in [5.74, 6) is -15.8. The van der Waals surface area contributed by atoms with E-state index >= 15 is 17.6 Å². The molecule has 3 aliphatic carbocycles. The summed E-state index contributed by atoms with van der Waals surface area (Å²) in [5, 5.41) is 9.63. The molecule has 0 aromatic heterocycles. The summed E-state index contributed by atoms with van der Waals surface area (Å²) in [6.45, 7) is 0. The highest BCUT2D eigenvalue weighted by Crippen LogP contribution is 2.66. The number of fused-ring (bicyclic) bond motifs is 16. The van der Waals surface area contributed by atoms with Gasteiger partial charge in [0.25, 0.3) is 0 Å². The molecule has 240 valence electrons. The Labute approximate surface area is 281 Å². The van der Waals surface area contributed by atoms with Crippen molar-refractivity contribution in [1.82, 2.24) is 0 Å². The zero-order valence-corrected chi connectivity index (χ0v) is 25.8. The lowest BCUT2D eigenvalue weighted by Crippen LogP contribution is -2.43. The van der Waals surface area contributed by atoms with Gasteiger partial charge in [-0.2, -0.15) is 31.6 Å². The molecule has 1 spiro atoms. The van der Waals surface area contributed by atoms with Gasteiger partial charge in [0.2, 0.25) is 0 Å². The van der Waals surface area contributed by atoms with Crippen LogP contribution in [-0.4, -0.2) is 5.92 Å². The molecule has 7 heteroatoms.